The molecule has 0 spiro atoms. The molecule has 0 saturated heterocycles. The number of hydrogen-bond donors (Lipinski definition) is 0. The van der Waals surface area contributed by atoms with E-state index in [4.69, 9.17) is 4.42 Å². The minimum absolute atomic E-state index is 0.878. The van der Waals surface area contributed by atoms with Gasteiger partial charge in [0.2, 0.25) is 0 Å². The van der Waals surface area contributed by atoms with Gasteiger partial charge in [0.05, 0.1) is 5.69 Å². The molecule has 10 rings (SSSR count). The number of para-hydroxylation sites is 2. The maximum absolute atomic E-state index is 6.27. The van der Waals surface area contributed by atoms with Crippen molar-refractivity contribution in [2.75, 3.05) is 4.90 Å². The Morgan fingerprint density at radius 2 is 0.768 bits per heavy atom. The summed E-state index contributed by atoms with van der Waals surface area (Å²) in [4.78, 5) is 2.37. The molecule has 0 saturated carbocycles. The largest absolute Gasteiger partial charge is 0.456 e. The molecule has 0 fully saturated rings. The smallest absolute Gasteiger partial charge is 0.136 e. The van der Waals surface area contributed by atoms with Gasteiger partial charge in [-0.25, -0.2) is 0 Å². The maximum atomic E-state index is 6.27. The molecule has 0 bridgehead atoms. The Bertz CT molecular complexity index is 2910. The van der Waals surface area contributed by atoms with Crippen molar-refractivity contribution >= 4 is 38.8 Å². The number of benzene rings is 9. The quantitative estimate of drug-likeness (QED) is 0.156. The number of furan rings is 1. The molecule has 2 nitrogen and oxygen atoms in total. The van der Waals surface area contributed by atoms with Crippen LogP contribution in [0.25, 0.3) is 77.6 Å². The third kappa shape index (κ3) is 6.34. The van der Waals surface area contributed by atoms with Crippen molar-refractivity contribution in [3.8, 4) is 55.8 Å². The van der Waals surface area contributed by atoms with Crippen LogP contribution in [0.5, 0.6) is 0 Å². The predicted molar refractivity (Wildman–Crippen MR) is 236 cm³/mol. The molecular formula is C54H37NO. The highest BCUT2D eigenvalue weighted by atomic mass is 16.3. The summed E-state index contributed by atoms with van der Waals surface area (Å²) in [6.07, 6.45) is 0. The van der Waals surface area contributed by atoms with E-state index >= 15 is 0 Å². The number of anilines is 3. The molecular weight excluding hydrogens is 679 g/mol. The fourth-order valence-corrected chi connectivity index (χ4v) is 7.84. The van der Waals surface area contributed by atoms with Gasteiger partial charge in [-0.1, -0.05) is 176 Å². The Hall–Kier alpha value is -7.42. The molecule has 1 aromatic heterocycles. The molecule has 56 heavy (non-hydrogen) atoms. The van der Waals surface area contributed by atoms with Gasteiger partial charge in [0, 0.05) is 27.9 Å². The van der Waals surface area contributed by atoms with Crippen molar-refractivity contribution in [2.45, 2.75) is 0 Å². The van der Waals surface area contributed by atoms with E-state index in [0.717, 1.165) is 61.6 Å². The molecule has 2 heteroatoms. The lowest BCUT2D eigenvalue weighted by molar-refractivity contribution is 0.632. The van der Waals surface area contributed by atoms with E-state index < -0.39 is 0 Å². The van der Waals surface area contributed by atoms with Crippen LogP contribution >= 0.6 is 0 Å². The van der Waals surface area contributed by atoms with Gasteiger partial charge in [-0.15, -0.1) is 0 Å². The molecule has 264 valence electrons. The van der Waals surface area contributed by atoms with Crippen LogP contribution in [0.15, 0.2) is 229 Å². The first-order valence-corrected chi connectivity index (χ1v) is 19.1. The van der Waals surface area contributed by atoms with Crippen molar-refractivity contribution in [1.82, 2.24) is 0 Å². The SMILES string of the molecule is c1ccc(-c2ccccc2N(c2ccc(-c3ccc(-c4ccccc4-c4cc5ccccc5o4)cc3)cc2)c2ccc(-c3ccc4ccccc4c3)cc2)cc1. The van der Waals surface area contributed by atoms with Crippen molar-refractivity contribution in [2.24, 2.45) is 0 Å². The topological polar surface area (TPSA) is 16.4 Å². The van der Waals surface area contributed by atoms with Gasteiger partial charge in [0.15, 0.2) is 0 Å². The maximum Gasteiger partial charge on any atom is 0.136 e. The number of fused-ring (bicyclic) bond motifs is 2. The van der Waals surface area contributed by atoms with Gasteiger partial charge < -0.3 is 9.32 Å². The Labute approximate surface area is 327 Å². The first-order valence-electron chi connectivity index (χ1n) is 19.1. The van der Waals surface area contributed by atoms with Gasteiger partial charge in [0.1, 0.15) is 11.3 Å². The monoisotopic (exact) mass is 715 g/mol. The average molecular weight is 716 g/mol. The number of rotatable bonds is 8. The Kier molecular flexibility index (Phi) is 8.55. The van der Waals surface area contributed by atoms with Crippen molar-refractivity contribution < 1.29 is 4.42 Å². The van der Waals surface area contributed by atoms with E-state index in [1.54, 1.807) is 0 Å². The van der Waals surface area contributed by atoms with Crippen LogP contribution in [0.1, 0.15) is 0 Å². The molecule has 1 heterocycles. The third-order valence-corrected chi connectivity index (χ3v) is 10.7. The van der Waals surface area contributed by atoms with Crippen molar-refractivity contribution in [3.05, 3.63) is 224 Å². The van der Waals surface area contributed by atoms with Crippen LogP contribution in [-0.4, -0.2) is 0 Å². The summed E-state index contributed by atoms with van der Waals surface area (Å²) in [6.45, 7) is 0. The van der Waals surface area contributed by atoms with Gasteiger partial charge in [-0.3, -0.25) is 0 Å². The fourth-order valence-electron chi connectivity index (χ4n) is 7.84. The van der Waals surface area contributed by atoms with Crippen LogP contribution in [0.4, 0.5) is 17.1 Å². The molecule has 0 atom stereocenters. The normalized spacial score (nSPS) is 11.2. The summed E-state index contributed by atoms with van der Waals surface area (Å²) in [6, 6.07) is 80.0. The molecule has 0 aliphatic rings. The minimum atomic E-state index is 0.878. The Morgan fingerprint density at radius 3 is 1.46 bits per heavy atom. The number of nitrogens with zero attached hydrogens (tertiary/aromatic N) is 1. The van der Waals surface area contributed by atoms with Gasteiger partial charge in [-0.05, 0) is 98.2 Å². The Morgan fingerprint density at radius 1 is 0.286 bits per heavy atom. The van der Waals surface area contributed by atoms with E-state index in [-0.39, 0.29) is 0 Å². The molecule has 0 radical (unpaired) electrons. The second kappa shape index (κ2) is 14.4. The molecule has 0 aliphatic carbocycles. The summed E-state index contributed by atoms with van der Waals surface area (Å²) in [5.41, 5.74) is 14.7. The highest BCUT2D eigenvalue weighted by Crippen LogP contribution is 2.42. The lowest BCUT2D eigenvalue weighted by Gasteiger charge is -2.28. The van der Waals surface area contributed by atoms with Gasteiger partial charge in [-0.2, -0.15) is 0 Å². The fraction of sp³-hybridized carbons (Fsp3) is 0. The average Bonchev–Trinajstić information content (AvgIpc) is 3.72. The second-order valence-corrected chi connectivity index (χ2v) is 14.1. The molecule has 0 unspecified atom stereocenters. The number of hydrogen-bond acceptors (Lipinski definition) is 2. The van der Waals surface area contributed by atoms with E-state index in [1.165, 1.54) is 33.0 Å². The first-order chi connectivity index (χ1) is 27.7. The zero-order valence-corrected chi connectivity index (χ0v) is 30.7. The highest BCUT2D eigenvalue weighted by Gasteiger charge is 2.18. The summed E-state index contributed by atoms with van der Waals surface area (Å²) in [7, 11) is 0. The first kappa shape index (κ1) is 33.2. The van der Waals surface area contributed by atoms with E-state index in [0.29, 0.717) is 0 Å². The van der Waals surface area contributed by atoms with Gasteiger partial charge in [0.25, 0.3) is 0 Å². The predicted octanol–water partition coefficient (Wildman–Crippen LogP) is 15.4. The van der Waals surface area contributed by atoms with Crippen LogP contribution in [0, 0.1) is 0 Å². The zero-order valence-electron chi connectivity index (χ0n) is 30.7. The highest BCUT2D eigenvalue weighted by molar-refractivity contribution is 5.91. The second-order valence-electron chi connectivity index (χ2n) is 14.1. The summed E-state index contributed by atoms with van der Waals surface area (Å²) in [5, 5.41) is 3.60. The van der Waals surface area contributed by atoms with E-state index in [9.17, 15) is 0 Å². The Balaban J connectivity index is 0.990. The zero-order chi connectivity index (χ0) is 37.3. The van der Waals surface area contributed by atoms with E-state index in [1.807, 2.05) is 18.2 Å². The van der Waals surface area contributed by atoms with Crippen LogP contribution in [0.3, 0.4) is 0 Å². The lowest BCUT2D eigenvalue weighted by Crippen LogP contribution is -2.11. The third-order valence-electron chi connectivity index (χ3n) is 10.7. The van der Waals surface area contributed by atoms with Crippen LogP contribution in [-0.2, 0) is 0 Å². The van der Waals surface area contributed by atoms with Crippen molar-refractivity contribution in [1.29, 1.82) is 0 Å². The summed E-state index contributed by atoms with van der Waals surface area (Å²) >= 11 is 0. The molecule has 0 N–H and O–H groups in total. The standard InChI is InChI=1S/C54H37NO/c1-2-13-42(14-3-1)50-18-9-10-20-52(50)55(48-34-30-41(31-35-48)45-27-24-38-12-4-5-15-44(38)36-45)47-32-28-40(29-33-47)39-22-25-43(26-23-39)49-17-7-8-19-51(49)54-37-46-16-6-11-21-53(46)56-54/h1-37H. The van der Waals surface area contributed by atoms with Crippen molar-refractivity contribution in [3.63, 3.8) is 0 Å². The molecule has 0 amide bonds. The minimum Gasteiger partial charge on any atom is -0.456 e. The molecule has 10 aromatic rings. The molecule has 9 aromatic carbocycles. The lowest BCUT2D eigenvalue weighted by atomic mass is 9.95. The van der Waals surface area contributed by atoms with Crippen LogP contribution in [0.2, 0.25) is 0 Å². The molecule has 0 aliphatic heterocycles. The summed E-state index contributed by atoms with van der Waals surface area (Å²) < 4.78 is 6.27. The summed E-state index contributed by atoms with van der Waals surface area (Å²) in [5.74, 6) is 0.878. The van der Waals surface area contributed by atoms with Gasteiger partial charge >= 0.3 is 0 Å². The van der Waals surface area contributed by atoms with E-state index in [2.05, 4.69) is 211 Å². The van der Waals surface area contributed by atoms with Crippen LogP contribution < -0.4 is 4.90 Å².